The molecule has 1 aromatic heterocycles. The van der Waals surface area contributed by atoms with Crippen molar-refractivity contribution < 1.29 is 30.5 Å². The minimum atomic E-state index is -4.77. The van der Waals surface area contributed by atoms with Gasteiger partial charge in [-0.1, -0.05) is 6.85 Å². The van der Waals surface area contributed by atoms with Crippen LogP contribution in [-0.4, -0.2) is 28.6 Å². The first-order valence-corrected chi connectivity index (χ1v) is 8.66. The Bertz CT molecular complexity index is 1040. The van der Waals surface area contributed by atoms with Gasteiger partial charge in [0.05, 0.1) is 7.99 Å². The van der Waals surface area contributed by atoms with Crippen LogP contribution in [0, 0.1) is 0 Å². The summed E-state index contributed by atoms with van der Waals surface area (Å²) in [7, 11) is -9.41. The topological polar surface area (TPSA) is 106 Å². The van der Waals surface area contributed by atoms with E-state index >= 15 is 0 Å². The van der Waals surface area contributed by atoms with Crippen molar-refractivity contribution in [2.75, 3.05) is 6.50 Å². The van der Waals surface area contributed by atoms with Gasteiger partial charge < -0.3 is 5.32 Å². The van der Waals surface area contributed by atoms with Crippen LogP contribution in [0.1, 0.15) is 45.4 Å². The Kier molecular flexibility index (Phi) is 1.65. The highest BCUT2D eigenvalue weighted by atomic mass is 32.3. The van der Waals surface area contributed by atoms with Crippen LogP contribution in [0.4, 0.5) is 0 Å². The molecule has 2 rings (SSSR count). The van der Waals surface area contributed by atoms with Crippen LogP contribution in [0.25, 0.3) is 0 Å². The molecule has 0 amide bonds. The van der Waals surface area contributed by atoms with E-state index in [2.05, 4.69) is 0 Å². The lowest BCUT2D eigenvalue weighted by atomic mass is 10.1. The minimum absolute atomic E-state index is 0.0300. The molecule has 19 heavy (non-hydrogen) atoms. The van der Waals surface area contributed by atoms with Gasteiger partial charge in [0.15, 0.2) is 9.84 Å². The van der Waals surface area contributed by atoms with E-state index in [4.69, 9.17) is 18.8 Å². The van der Waals surface area contributed by atoms with E-state index < -0.39 is 77.8 Å². The first-order chi connectivity index (χ1) is 12.6. The molecular weight excluding hydrogens is 308 g/mol. The second kappa shape index (κ2) is 4.81. The Balaban J connectivity index is 2.89. The zero-order valence-electron chi connectivity index (χ0n) is 19.2. The molecule has 0 aliphatic carbocycles. The molecule has 0 bridgehead atoms. The fourth-order valence-electron chi connectivity index (χ4n) is 1.56. The lowest BCUT2D eigenvalue weighted by Crippen LogP contribution is -2.33. The van der Waals surface area contributed by atoms with Crippen molar-refractivity contribution in [1.82, 2.24) is 5.32 Å². The highest BCUT2D eigenvalue weighted by Gasteiger charge is 2.39. The van der Waals surface area contributed by atoms with Crippen molar-refractivity contribution in [3.63, 3.8) is 0 Å². The lowest BCUT2D eigenvalue weighted by molar-refractivity contribution is 0.477. The average molecular weight is 335 g/mol. The fraction of sp³-hybridized carbons (Fsp3) is 0.600. The number of hydrogen-bond donors (Lipinski definition) is 2. The summed E-state index contributed by atoms with van der Waals surface area (Å²) in [5.74, 6) is 0. The van der Waals surface area contributed by atoms with Crippen LogP contribution >= 0.6 is 11.3 Å². The first kappa shape index (κ1) is 6.52. The van der Waals surface area contributed by atoms with Gasteiger partial charge in [-0.3, -0.25) is 0 Å². The highest BCUT2D eigenvalue weighted by molar-refractivity contribution is 7.95. The van der Waals surface area contributed by atoms with Crippen LogP contribution in [0.15, 0.2) is 14.5 Å². The largest absolute Gasteiger partial charge is 0.310 e. The van der Waals surface area contributed by atoms with Crippen LogP contribution in [0.2, 0.25) is 0 Å². The predicted octanol–water partition coefficient (Wildman–Crippen LogP) is 0.612. The first-order valence-electron chi connectivity index (χ1n) is 9.76. The molecule has 6 nitrogen and oxygen atoms in total. The van der Waals surface area contributed by atoms with Crippen molar-refractivity contribution >= 4 is 31.2 Å². The Hall–Kier alpha value is -0.480. The maximum absolute atomic E-state index is 12.8. The summed E-state index contributed by atoms with van der Waals surface area (Å²) in [4.78, 5) is 0. The normalized spacial score (nSPS) is 39.7. The number of hydrogen-bond acceptors (Lipinski definition) is 6. The van der Waals surface area contributed by atoms with Gasteiger partial charge in [-0.15, -0.1) is 11.3 Å². The quantitative estimate of drug-likeness (QED) is 0.842. The third-order valence-corrected chi connectivity index (χ3v) is 7.24. The van der Waals surface area contributed by atoms with E-state index in [-0.39, 0.29) is 11.3 Å². The van der Waals surface area contributed by atoms with E-state index in [1.54, 1.807) is 5.32 Å². The molecule has 0 radical (unpaired) electrons. The molecule has 108 valence electrons. The molecule has 0 saturated heterocycles. The van der Waals surface area contributed by atoms with E-state index in [9.17, 15) is 16.8 Å². The summed E-state index contributed by atoms with van der Waals surface area (Å²) in [6.07, 6.45) is -1.15. The molecule has 1 aliphatic rings. The standard InChI is InChI=1S/C10H16N2O4S3/c1-3-12-8-4-6(2)18(13,14)10-7(8)5-9(17-10)19(11,15)16/h5-6,8,12H,3-4H2,1-2H3,(H2,11,15,16)/t6-,8-/m0/s1/i1D3,2D3,3D2,5D,8D. The van der Waals surface area contributed by atoms with Gasteiger partial charge in [-0.05, 0) is 25.8 Å². The molecule has 2 heterocycles. The number of sulfonamides is 1. The highest BCUT2D eigenvalue weighted by Crippen LogP contribution is 2.42. The minimum Gasteiger partial charge on any atom is -0.310 e. The van der Waals surface area contributed by atoms with Gasteiger partial charge in [0, 0.05) is 22.5 Å². The molecule has 1 aliphatic heterocycles. The molecule has 0 spiro atoms. The van der Waals surface area contributed by atoms with Crippen molar-refractivity contribution in [3.8, 4) is 0 Å². The van der Waals surface area contributed by atoms with Crippen molar-refractivity contribution in [2.24, 2.45) is 5.14 Å². The molecule has 2 atom stereocenters. The molecule has 0 fully saturated rings. The zero-order valence-corrected chi connectivity index (χ0v) is 11.7. The monoisotopic (exact) mass is 334 g/mol. The number of nitrogens with two attached hydrogens (primary N) is 1. The number of thiophene rings is 1. The molecule has 0 aromatic carbocycles. The third-order valence-electron chi connectivity index (χ3n) is 2.41. The van der Waals surface area contributed by atoms with Crippen molar-refractivity contribution in [2.45, 2.75) is 39.8 Å². The van der Waals surface area contributed by atoms with E-state index in [1.165, 1.54) is 0 Å². The molecular formula is C10H16N2O4S3. The average Bonchev–Trinajstić information content (AvgIpc) is 2.80. The third kappa shape index (κ3) is 2.57. The SMILES string of the molecule is [2H]c1c(S(N)(=O)=O)sc2c1[C@@]([2H])(NC([2H])([2H])C([2H])([2H])[2H])C[C@H](C([2H])([2H])[2H])S2(=O)=O. The van der Waals surface area contributed by atoms with Crippen molar-refractivity contribution in [1.29, 1.82) is 0 Å². The second-order valence-electron chi connectivity index (χ2n) is 3.69. The summed E-state index contributed by atoms with van der Waals surface area (Å²) >= 11 is -0.0300. The molecule has 0 unspecified atom stereocenters. The number of rotatable bonds is 3. The maximum atomic E-state index is 12.8. The van der Waals surface area contributed by atoms with Crippen LogP contribution in [0.5, 0.6) is 0 Å². The summed E-state index contributed by atoms with van der Waals surface area (Å²) in [5.41, 5.74) is -0.861. The van der Waals surface area contributed by atoms with E-state index in [1.807, 2.05) is 0 Å². The van der Waals surface area contributed by atoms with Crippen LogP contribution in [-0.2, 0) is 19.9 Å². The molecule has 3 N–H and O–H groups in total. The summed E-state index contributed by atoms with van der Waals surface area (Å²) in [5, 5.41) is 4.49. The molecule has 1 aromatic rings. The number of nitrogens with one attached hydrogen (secondary N) is 1. The van der Waals surface area contributed by atoms with Gasteiger partial charge >= 0.3 is 0 Å². The van der Waals surface area contributed by atoms with Gasteiger partial charge in [0.1, 0.15) is 8.42 Å². The van der Waals surface area contributed by atoms with Gasteiger partial charge in [0.2, 0.25) is 10.0 Å². The Morgan fingerprint density at radius 3 is 3.11 bits per heavy atom. The molecule has 9 heteroatoms. The van der Waals surface area contributed by atoms with E-state index in [0.29, 0.717) is 0 Å². The maximum Gasteiger partial charge on any atom is 0.247 e. The summed E-state index contributed by atoms with van der Waals surface area (Å²) in [6, 6.07) is -3.79. The van der Waals surface area contributed by atoms with Gasteiger partial charge in [-0.2, -0.15) is 0 Å². The van der Waals surface area contributed by atoms with Gasteiger partial charge in [-0.25, -0.2) is 22.0 Å². The Morgan fingerprint density at radius 2 is 2.53 bits per heavy atom. The van der Waals surface area contributed by atoms with E-state index in [0.717, 1.165) is 0 Å². The predicted molar refractivity (Wildman–Crippen MR) is 73.4 cm³/mol. The van der Waals surface area contributed by atoms with Crippen LogP contribution in [0.3, 0.4) is 0 Å². The number of primary sulfonamides is 1. The Morgan fingerprint density at radius 1 is 1.79 bits per heavy atom. The molecule has 0 saturated carbocycles. The number of fused-ring (bicyclic) bond motifs is 1. The second-order valence-corrected chi connectivity index (χ2v) is 8.79. The fourth-order valence-corrected chi connectivity index (χ4v) is 5.44. The summed E-state index contributed by atoms with van der Waals surface area (Å²) < 4.78 is 123. The van der Waals surface area contributed by atoms with Gasteiger partial charge in [0.25, 0.3) is 0 Å². The lowest BCUT2D eigenvalue weighted by Gasteiger charge is -2.27. The zero-order chi connectivity index (χ0) is 23.0. The van der Waals surface area contributed by atoms with Crippen LogP contribution < -0.4 is 10.5 Å². The number of sulfone groups is 1. The smallest absolute Gasteiger partial charge is 0.247 e. The Labute approximate surface area is 131 Å². The summed E-state index contributed by atoms with van der Waals surface area (Å²) in [6.45, 7) is -9.86. The van der Waals surface area contributed by atoms with Crippen molar-refractivity contribution in [3.05, 3.63) is 11.6 Å².